The Hall–Kier alpha value is -3.34. The van der Waals surface area contributed by atoms with Crippen LogP contribution in [0.1, 0.15) is 31.5 Å². The number of benzene rings is 2. The van der Waals surface area contributed by atoms with Crippen molar-refractivity contribution in [2.24, 2.45) is 0 Å². The molecule has 3 rings (SSSR count). The number of carbonyl (C=O) groups is 1. The van der Waals surface area contributed by atoms with E-state index >= 15 is 0 Å². The summed E-state index contributed by atoms with van der Waals surface area (Å²) in [7, 11) is 0. The maximum absolute atomic E-state index is 14.2. The molecule has 0 spiro atoms. The summed E-state index contributed by atoms with van der Waals surface area (Å²) >= 11 is 0. The monoisotopic (exact) mass is 470 g/mol. The molecule has 6 nitrogen and oxygen atoms in total. The van der Waals surface area contributed by atoms with Gasteiger partial charge in [0.15, 0.2) is 0 Å². The Labute approximate surface area is 184 Å². The number of halogens is 5. The first kappa shape index (κ1) is 24.3. The van der Waals surface area contributed by atoms with E-state index in [1.807, 2.05) is 5.32 Å². The van der Waals surface area contributed by atoms with Crippen molar-refractivity contribution in [3.05, 3.63) is 69.7 Å². The molecular formula is C22H19F5N2O4. The van der Waals surface area contributed by atoms with Gasteiger partial charge in [0, 0.05) is 17.5 Å². The highest BCUT2D eigenvalue weighted by Gasteiger charge is 2.61. The third-order valence-corrected chi connectivity index (χ3v) is 5.35. The zero-order valence-electron chi connectivity index (χ0n) is 17.7. The Morgan fingerprint density at radius 2 is 1.76 bits per heavy atom. The molecule has 11 heteroatoms. The van der Waals surface area contributed by atoms with Crippen LogP contribution in [0.4, 0.5) is 27.6 Å². The number of aliphatic hydroxyl groups is 1. The predicted molar refractivity (Wildman–Crippen MR) is 109 cm³/mol. The van der Waals surface area contributed by atoms with Crippen molar-refractivity contribution < 1.29 is 36.4 Å². The van der Waals surface area contributed by atoms with Crippen LogP contribution in [-0.4, -0.2) is 27.9 Å². The lowest BCUT2D eigenvalue weighted by molar-refractivity contribution is -0.254. The highest BCUT2D eigenvalue weighted by Crippen LogP contribution is 2.42. The molecule has 1 unspecified atom stereocenters. The molecule has 0 aliphatic carbocycles. The van der Waals surface area contributed by atoms with E-state index in [0.717, 1.165) is 32.0 Å². The molecule has 33 heavy (non-hydrogen) atoms. The van der Waals surface area contributed by atoms with Gasteiger partial charge in [0.25, 0.3) is 5.91 Å². The summed E-state index contributed by atoms with van der Waals surface area (Å²) in [6.07, 6.45) is -6.75. The topological polar surface area (TPSA) is 92.4 Å². The van der Waals surface area contributed by atoms with Gasteiger partial charge in [-0.2, -0.15) is 13.2 Å². The molecule has 0 radical (unpaired) electrons. The normalized spacial score (nSPS) is 14.2. The van der Waals surface area contributed by atoms with Crippen molar-refractivity contribution in [2.45, 2.75) is 44.4 Å². The lowest BCUT2D eigenvalue weighted by atomic mass is 9.74. The first-order chi connectivity index (χ1) is 15.2. The van der Waals surface area contributed by atoms with Gasteiger partial charge in [-0.3, -0.25) is 4.79 Å². The molecule has 0 saturated heterocycles. The van der Waals surface area contributed by atoms with E-state index in [1.54, 1.807) is 0 Å². The largest absolute Gasteiger partial charge is 0.426 e. The third-order valence-electron chi connectivity index (χ3n) is 5.35. The molecule has 0 aliphatic heterocycles. The van der Waals surface area contributed by atoms with Gasteiger partial charge >= 0.3 is 11.8 Å². The number of amides is 1. The molecule has 1 aromatic heterocycles. The molecule has 2 aromatic carbocycles. The van der Waals surface area contributed by atoms with Gasteiger partial charge in [0.05, 0.1) is 11.1 Å². The molecular weight excluding hydrogens is 451 g/mol. The Bertz CT molecular complexity index is 1290. The first-order valence-corrected chi connectivity index (χ1v) is 9.62. The molecule has 0 aliphatic rings. The third kappa shape index (κ3) is 4.58. The van der Waals surface area contributed by atoms with E-state index in [2.05, 4.69) is 9.68 Å². The zero-order chi connectivity index (χ0) is 24.8. The standard InChI is InChI=1S/C22H19F5N2O4/c1-11-15-9-13(5-6-14(15)18(30)33-29-11)28-19(31)21(32,22(25,26)27)10-20(2,3)16-8-12(23)4-7-17(16)24/h4-9,32H,10H2,1-3H3,(H,28,31). The Kier molecular flexibility index (Phi) is 6.05. The van der Waals surface area contributed by atoms with Crippen LogP contribution < -0.4 is 10.9 Å². The Morgan fingerprint density at radius 1 is 1.09 bits per heavy atom. The number of fused-ring (bicyclic) bond motifs is 1. The second-order valence-electron chi connectivity index (χ2n) is 8.31. The molecule has 1 heterocycles. The SMILES string of the molecule is Cc1noc(=O)c2ccc(NC(=O)C(O)(CC(C)(C)c3cc(F)ccc3F)C(F)(F)F)cc12. The Balaban J connectivity index is 1.99. The van der Waals surface area contributed by atoms with E-state index < -0.39 is 52.3 Å². The minimum Gasteiger partial charge on any atom is -0.373 e. The molecule has 0 saturated carbocycles. The quantitative estimate of drug-likeness (QED) is 0.541. The van der Waals surface area contributed by atoms with Crippen LogP contribution in [0.2, 0.25) is 0 Å². The highest BCUT2D eigenvalue weighted by atomic mass is 19.4. The number of rotatable bonds is 5. The van der Waals surface area contributed by atoms with Gasteiger partial charge < -0.3 is 14.9 Å². The fraction of sp³-hybridized carbons (Fsp3) is 0.318. The van der Waals surface area contributed by atoms with Crippen molar-refractivity contribution in [3.63, 3.8) is 0 Å². The van der Waals surface area contributed by atoms with Crippen LogP contribution in [-0.2, 0) is 10.2 Å². The minimum absolute atomic E-state index is 0.0919. The molecule has 3 aromatic rings. The average Bonchev–Trinajstić information content (AvgIpc) is 2.71. The molecule has 2 N–H and O–H groups in total. The smallest absolute Gasteiger partial charge is 0.373 e. The van der Waals surface area contributed by atoms with E-state index in [-0.39, 0.29) is 22.2 Å². The highest BCUT2D eigenvalue weighted by molar-refractivity contribution is 5.99. The van der Waals surface area contributed by atoms with Crippen molar-refractivity contribution in [1.29, 1.82) is 0 Å². The zero-order valence-corrected chi connectivity index (χ0v) is 17.7. The molecule has 176 valence electrons. The summed E-state index contributed by atoms with van der Waals surface area (Å²) < 4.78 is 74.1. The minimum atomic E-state index is -5.45. The van der Waals surface area contributed by atoms with E-state index in [4.69, 9.17) is 0 Å². The summed E-state index contributed by atoms with van der Waals surface area (Å²) in [5.74, 6) is -3.69. The summed E-state index contributed by atoms with van der Waals surface area (Å²) in [6, 6.07) is 5.86. The number of anilines is 1. The molecule has 1 amide bonds. The van der Waals surface area contributed by atoms with Crippen molar-refractivity contribution in [3.8, 4) is 0 Å². The maximum atomic E-state index is 14.2. The number of alkyl halides is 3. The van der Waals surface area contributed by atoms with Gasteiger partial charge in [-0.05, 0) is 54.3 Å². The van der Waals surface area contributed by atoms with Crippen molar-refractivity contribution in [2.75, 3.05) is 5.32 Å². The summed E-state index contributed by atoms with van der Waals surface area (Å²) in [5.41, 5.74) is -6.87. The molecule has 1 atom stereocenters. The lowest BCUT2D eigenvalue weighted by Gasteiger charge is -2.36. The van der Waals surface area contributed by atoms with Crippen LogP contribution in [0.25, 0.3) is 10.8 Å². The lowest BCUT2D eigenvalue weighted by Crippen LogP contribution is -2.57. The Morgan fingerprint density at radius 3 is 2.39 bits per heavy atom. The van der Waals surface area contributed by atoms with Gasteiger partial charge in [-0.25, -0.2) is 13.6 Å². The van der Waals surface area contributed by atoms with E-state index in [0.29, 0.717) is 6.07 Å². The number of carbonyl (C=O) groups excluding carboxylic acids is 1. The van der Waals surface area contributed by atoms with Crippen molar-refractivity contribution in [1.82, 2.24) is 5.16 Å². The number of nitrogens with one attached hydrogen (secondary N) is 1. The summed E-state index contributed by atoms with van der Waals surface area (Å²) in [6.45, 7) is 3.79. The van der Waals surface area contributed by atoms with Crippen LogP contribution >= 0.6 is 0 Å². The van der Waals surface area contributed by atoms with Gasteiger partial charge in [-0.15, -0.1) is 0 Å². The van der Waals surface area contributed by atoms with E-state index in [9.17, 15) is 36.6 Å². The number of hydrogen-bond donors (Lipinski definition) is 2. The average molecular weight is 470 g/mol. The fourth-order valence-corrected chi connectivity index (χ4v) is 3.60. The number of aryl methyl sites for hydroxylation is 1. The second-order valence-corrected chi connectivity index (χ2v) is 8.31. The summed E-state index contributed by atoms with van der Waals surface area (Å²) in [5, 5.41) is 16.3. The predicted octanol–water partition coefficient (Wildman–Crippen LogP) is 4.37. The second kappa shape index (κ2) is 8.22. The van der Waals surface area contributed by atoms with Crippen LogP contribution in [0.3, 0.4) is 0 Å². The number of nitrogens with zero attached hydrogens (tertiary/aromatic N) is 1. The van der Waals surface area contributed by atoms with Crippen LogP contribution in [0.15, 0.2) is 45.7 Å². The van der Waals surface area contributed by atoms with Gasteiger partial charge in [-0.1, -0.05) is 19.0 Å². The number of aromatic nitrogens is 1. The van der Waals surface area contributed by atoms with Crippen molar-refractivity contribution >= 4 is 22.4 Å². The van der Waals surface area contributed by atoms with Gasteiger partial charge in [0.2, 0.25) is 5.60 Å². The van der Waals surface area contributed by atoms with E-state index in [1.165, 1.54) is 19.1 Å². The molecule has 0 bridgehead atoms. The van der Waals surface area contributed by atoms with Gasteiger partial charge in [0.1, 0.15) is 11.6 Å². The fourth-order valence-electron chi connectivity index (χ4n) is 3.60. The van der Waals surface area contributed by atoms with Crippen LogP contribution in [0, 0.1) is 18.6 Å². The molecule has 0 fully saturated rings. The summed E-state index contributed by atoms with van der Waals surface area (Å²) in [4.78, 5) is 24.4. The van der Waals surface area contributed by atoms with Crippen LogP contribution in [0.5, 0.6) is 0 Å². The first-order valence-electron chi connectivity index (χ1n) is 9.62. The maximum Gasteiger partial charge on any atom is 0.426 e. The number of hydrogen-bond acceptors (Lipinski definition) is 5.